The van der Waals surface area contributed by atoms with Crippen molar-refractivity contribution in [2.24, 2.45) is 23.5 Å². The summed E-state index contributed by atoms with van der Waals surface area (Å²) in [7, 11) is -3.07. The average molecular weight is 311 g/mol. The highest BCUT2D eigenvalue weighted by Gasteiger charge is 2.44. The van der Waals surface area contributed by atoms with Gasteiger partial charge in [0.1, 0.15) is 0 Å². The van der Waals surface area contributed by atoms with Crippen molar-refractivity contribution in [1.29, 1.82) is 0 Å². The SMILES string of the molecule is CCC(CC)CS(=O)(=O)N1CC2CCC(N)C2C1.Cl. The maximum atomic E-state index is 12.4. The fraction of sp³-hybridized carbons (Fsp3) is 1.00. The summed E-state index contributed by atoms with van der Waals surface area (Å²) in [6.07, 6.45) is 4.05. The van der Waals surface area contributed by atoms with Crippen molar-refractivity contribution < 1.29 is 8.42 Å². The van der Waals surface area contributed by atoms with Gasteiger partial charge < -0.3 is 5.73 Å². The first-order valence-corrected chi connectivity index (χ1v) is 8.82. The molecular weight excluding hydrogens is 284 g/mol. The Balaban J connectivity index is 0.00000180. The zero-order chi connectivity index (χ0) is 13.3. The summed E-state index contributed by atoms with van der Waals surface area (Å²) < 4.78 is 26.5. The van der Waals surface area contributed by atoms with E-state index in [-0.39, 0.29) is 18.4 Å². The quantitative estimate of drug-likeness (QED) is 0.843. The Morgan fingerprint density at radius 2 is 1.84 bits per heavy atom. The van der Waals surface area contributed by atoms with Gasteiger partial charge in [-0.1, -0.05) is 26.7 Å². The molecule has 1 saturated carbocycles. The molecule has 19 heavy (non-hydrogen) atoms. The Labute approximate surface area is 123 Å². The highest BCUT2D eigenvalue weighted by molar-refractivity contribution is 7.89. The summed E-state index contributed by atoms with van der Waals surface area (Å²) in [4.78, 5) is 0. The van der Waals surface area contributed by atoms with E-state index in [1.807, 2.05) is 0 Å². The van der Waals surface area contributed by atoms with Crippen LogP contribution < -0.4 is 5.73 Å². The van der Waals surface area contributed by atoms with E-state index in [4.69, 9.17) is 5.73 Å². The first kappa shape index (κ1) is 17.2. The molecule has 3 atom stereocenters. The van der Waals surface area contributed by atoms with Crippen LogP contribution in [0.3, 0.4) is 0 Å². The molecule has 114 valence electrons. The van der Waals surface area contributed by atoms with E-state index in [1.54, 1.807) is 4.31 Å². The number of hydrogen-bond donors (Lipinski definition) is 1. The number of nitrogens with zero attached hydrogens (tertiary/aromatic N) is 1. The van der Waals surface area contributed by atoms with Crippen LogP contribution in [0.1, 0.15) is 39.5 Å². The first-order chi connectivity index (χ1) is 8.47. The zero-order valence-electron chi connectivity index (χ0n) is 11.9. The van der Waals surface area contributed by atoms with Gasteiger partial charge in [0.25, 0.3) is 0 Å². The van der Waals surface area contributed by atoms with Crippen LogP contribution in [0.2, 0.25) is 0 Å². The highest BCUT2D eigenvalue weighted by atomic mass is 35.5. The van der Waals surface area contributed by atoms with E-state index < -0.39 is 10.0 Å². The van der Waals surface area contributed by atoms with Crippen LogP contribution in [0.4, 0.5) is 0 Å². The lowest BCUT2D eigenvalue weighted by atomic mass is 9.98. The first-order valence-electron chi connectivity index (χ1n) is 7.21. The van der Waals surface area contributed by atoms with Crippen LogP contribution in [-0.2, 0) is 10.0 Å². The molecule has 0 aromatic carbocycles. The van der Waals surface area contributed by atoms with E-state index in [9.17, 15) is 8.42 Å². The number of sulfonamides is 1. The maximum absolute atomic E-state index is 12.4. The maximum Gasteiger partial charge on any atom is 0.214 e. The lowest BCUT2D eigenvalue weighted by Gasteiger charge is -2.21. The summed E-state index contributed by atoms with van der Waals surface area (Å²) in [5, 5.41) is 0. The van der Waals surface area contributed by atoms with Gasteiger partial charge in [0.15, 0.2) is 0 Å². The largest absolute Gasteiger partial charge is 0.327 e. The van der Waals surface area contributed by atoms with Crippen molar-refractivity contribution in [2.75, 3.05) is 18.8 Å². The van der Waals surface area contributed by atoms with Crippen molar-refractivity contribution in [3.8, 4) is 0 Å². The molecule has 2 aliphatic rings. The van der Waals surface area contributed by atoms with E-state index in [1.165, 1.54) is 0 Å². The van der Waals surface area contributed by atoms with Gasteiger partial charge in [-0.05, 0) is 30.6 Å². The average Bonchev–Trinajstić information content (AvgIpc) is 2.89. The van der Waals surface area contributed by atoms with Gasteiger partial charge in [-0.3, -0.25) is 0 Å². The predicted molar refractivity (Wildman–Crippen MR) is 80.9 cm³/mol. The van der Waals surface area contributed by atoms with E-state index in [2.05, 4.69) is 13.8 Å². The van der Waals surface area contributed by atoms with Crippen LogP contribution in [0.5, 0.6) is 0 Å². The molecule has 2 fully saturated rings. The molecule has 0 bridgehead atoms. The molecule has 2 N–H and O–H groups in total. The molecule has 1 heterocycles. The summed E-state index contributed by atoms with van der Waals surface area (Å²) in [6, 6.07) is 0.211. The molecule has 0 aromatic rings. The van der Waals surface area contributed by atoms with Crippen molar-refractivity contribution >= 4 is 22.4 Å². The minimum absolute atomic E-state index is 0. The Kier molecular flexibility index (Phi) is 6.11. The van der Waals surface area contributed by atoms with E-state index >= 15 is 0 Å². The molecule has 0 aromatic heterocycles. The second kappa shape index (κ2) is 6.74. The lowest BCUT2D eigenvalue weighted by Crippen LogP contribution is -2.36. The van der Waals surface area contributed by atoms with Gasteiger partial charge in [0, 0.05) is 19.1 Å². The molecule has 0 spiro atoms. The normalized spacial score (nSPS) is 31.5. The van der Waals surface area contributed by atoms with E-state index in [0.717, 1.165) is 25.7 Å². The summed E-state index contributed by atoms with van der Waals surface area (Å²) in [5.74, 6) is 1.52. The minimum atomic E-state index is -3.07. The minimum Gasteiger partial charge on any atom is -0.327 e. The Morgan fingerprint density at radius 3 is 2.37 bits per heavy atom. The fourth-order valence-electron chi connectivity index (χ4n) is 3.42. The fourth-order valence-corrected chi connectivity index (χ4v) is 5.52. The van der Waals surface area contributed by atoms with E-state index in [0.29, 0.717) is 36.6 Å². The topological polar surface area (TPSA) is 63.4 Å². The summed E-state index contributed by atoms with van der Waals surface area (Å²) in [5.41, 5.74) is 6.06. The van der Waals surface area contributed by atoms with Crippen LogP contribution in [0, 0.1) is 17.8 Å². The molecular formula is C13H27ClN2O2S. The van der Waals surface area contributed by atoms with Crippen molar-refractivity contribution in [1.82, 2.24) is 4.31 Å². The van der Waals surface area contributed by atoms with Crippen LogP contribution in [0.25, 0.3) is 0 Å². The molecule has 3 unspecified atom stereocenters. The van der Waals surface area contributed by atoms with Gasteiger partial charge in [-0.2, -0.15) is 0 Å². The number of fused-ring (bicyclic) bond motifs is 1. The monoisotopic (exact) mass is 310 g/mol. The third kappa shape index (κ3) is 3.63. The van der Waals surface area contributed by atoms with Crippen LogP contribution >= 0.6 is 12.4 Å². The second-order valence-electron chi connectivity index (χ2n) is 5.94. The van der Waals surface area contributed by atoms with Gasteiger partial charge in [0.05, 0.1) is 5.75 Å². The lowest BCUT2D eigenvalue weighted by molar-refractivity contribution is 0.418. The smallest absolute Gasteiger partial charge is 0.214 e. The van der Waals surface area contributed by atoms with Crippen molar-refractivity contribution in [2.45, 2.75) is 45.6 Å². The summed E-state index contributed by atoms with van der Waals surface area (Å²) in [6.45, 7) is 5.51. The standard InChI is InChI=1S/C13H26N2O2S.ClH/c1-3-10(4-2)9-18(16,17)15-7-11-5-6-13(14)12(11)8-15;/h10-13H,3-9,14H2,1-2H3;1H. The highest BCUT2D eigenvalue weighted by Crippen LogP contribution is 2.38. The molecule has 1 saturated heterocycles. The van der Waals surface area contributed by atoms with Gasteiger partial charge >= 0.3 is 0 Å². The molecule has 6 heteroatoms. The molecule has 2 rings (SSSR count). The molecule has 1 aliphatic carbocycles. The third-order valence-electron chi connectivity index (χ3n) is 4.87. The predicted octanol–water partition coefficient (Wildman–Crippen LogP) is 1.84. The zero-order valence-corrected chi connectivity index (χ0v) is 13.5. The number of halogens is 1. The number of hydrogen-bond acceptors (Lipinski definition) is 3. The number of rotatable bonds is 5. The Bertz CT molecular complexity index is 384. The van der Waals surface area contributed by atoms with Gasteiger partial charge in [-0.15, -0.1) is 12.4 Å². The van der Waals surface area contributed by atoms with Crippen molar-refractivity contribution in [3.63, 3.8) is 0 Å². The number of nitrogens with two attached hydrogens (primary N) is 1. The van der Waals surface area contributed by atoms with Crippen LogP contribution in [-0.4, -0.2) is 37.6 Å². The van der Waals surface area contributed by atoms with Crippen molar-refractivity contribution in [3.05, 3.63) is 0 Å². The molecule has 0 radical (unpaired) electrons. The Morgan fingerprint density at radius 1 is 1.21 bits per heavy atom. The summed E-state index contributed by atoms with van der Waals surface area (Å²) >= 11 is 0. The van der Waals surface area contributed by atoms with Crippen LogP contribution in [0.15, 0.2) is 0 Å². The molecule has 0 amide bonds. The second-order valence-corrected chi connectivity index (χ2v) is 7.96. The Hall–Kier alpha value is 0.160. The molecule has 1 aliphatic heterocycles. The third-order valence-corrected chi connectivity index (χ3v) is 6.85. The van der Waals surface area contributed by atoms with Gasteiger partial charge in [-0.25, -0.2) is 12.7 Å². The van der Waals surface area contributed by atoms with Gasteiger partial charge in [0.2, 0.25) is 10.0 Å². The molecule has 4 nitrogen and oxygen atoms in total.